The Kier molecular flexibility index (Phi) is 7.77. The summed E-state index contributed by atoms with van der Waals surface area (Å²) in [4.78, 5) is 1.51. The molecule has 0 rings (SSSR count). The van der Waals surface area contributed by atoms with Crippen molar-refractivity contribution in [2.45, 2.75) is 33.1 Å². The molecule has 5 nitrogen and oxygen atoms in total. The zero-order valence-corrected chi connectivity index (χ0v) is 10.9. The third kappa shape index (κ3) is 6.70. The van der Waals surface area contributed by atoms with Crippen LogP contribution in [-0.2, 0) is 0 Å². The van der Waals surface area contributed by atoms with E-state index in [-0.39, 0.29) is 25.5 Å². The number of halogens is 2. The summed E-state index contributed by atoms with van der Waals surface area (Å²) in [5.41, 5.74) is 5.07. The summed E-state index contributed by atoms with van der Waals surface area (Å²) < 4.78 is 24.5. The number of hydrogen-bond donors (Lipinski definition) is 3. The number of rotatable bonds is 9. The van der Waals surface area contributed by atoms with Crippen LogP contribution in [0.25, 0.3) is 0 Å². The Hall–Kier alpha value is -0.950. The van der Waals surface area contributed by atoms with Gasteiger partial charge in [-0.15, -0.1) is 0 Å². The number of alkyl halides is 2. The van der Waals surface area contributed by atoms with Crippen molar-refractivity contribution >= 4 is 5.84 Å². The zero-order chi connectivity index (χ0) is 14.2. The van der Waals surface area contributed by atoms with Crippen LogP contribution in [0.3, 0.4) is 0 Å². The quantitative estimate of drug-likeness (QED) is 0.253. The molecule has 4 N–H and O–H groups in total. The molecule has 0 bridgehead atoms. The Morgan fingerprint density at radius 1 is 1.39 bits per heavy atom. The topological polar surface area (TPSA) is 82.1 Å². The first-order chi connectivity index (χ1) is 8.33. The minimum Gasteiger partial charge on any atom is -0.409 e. The molecule has 0 aliphatic heterocycles. The predicted octanol–water partition coefficient (Wildman–Crippen LogP) is 1.10. The van der Waals surface area contributed by atoms with E-state index in [2.05, 4.69) is 5.16 Å². The number of aliphatic hydroxyl groups excluding tert-OH is 1. The fourth-order valence-electron chi connectivity index (χ4n) is 1.64. The summed E-state index contributed by atoms with van der Waals surface area (Å²) in [5.74, 6) is 0.130. The van der Waals surface area contributed by atoms with Gasteiger partial charge in [0.2, 0.25) is 0 Å². The highest BCUT2D eigenvalue weighted by atomic mass is 19.3. The van der Waals surface area contributed by atoms with E-state index < -0.39 is 11.8 Å². The van der Waals surface area contributed by atoms with Crippen LogP contribution in [0.4, 0.5) is 8.78 Å². The Labute approximate surface area is 106 Å². The lowest BCUT2D eigenvalue weighted by Gasteiger charge is -2.25. The molecular weight excluding hydrogens is 244 g/mol. The molecule has 0 aliphatic carbocycles. The van der Waals surface area contributed by atoms with E-state index in [1.807, 2.05) is 13.8 Å². The Balaban J connectivity index is 4.13. The van der Waals surface area contributed by atoms with Crippen molar-refractivity contribution in [3.63, 3.8) is 0 Å². The van der Waals surface area contributed by atoms with Crippen molar-refractivity contribution in [2.24, 2.45) is 16.3 Å². The average molecular weight is 267 g/mol. The molecule has 0 spiro atoms. The van der Waals surface area contributed by atoms with E-state index in [1.54, 1.807) is 0 Å². The number of nitrogens with zero attached hydrogens (tertiary/aromatic N) is 2. The molecule has 0 radical (unpaired) electrons. The molecule has 0 unspecified atom stereocenters. The fourth-order valence-corrected chi connectivity index (χ4v) is 1.64. The van der Waals surface area contributed by atoms with Gasteiger partial charge < -0.3 is 16.0 Å². The summed E-state index contributed by atoms with van der Waals surface area (Å²) in [6.07, 6.45) is -1.15. The van der Waals surface area contributed by atoms with E-state index >= 15 is 0 Å². The first-order valence-corrected chi connectivity index (χ1v) is 5.93. The zero-order valence-electron chi connectivity index (χ0n) is 10.9. The van der Waals surface area contributed by atoms with E-state index in [1.165, 1.54) is 4.90 Å². The monoisotopic (exact) mass is 267 g/mol. The summed E-state index contributed by atoms with van der Waals surface area (Å²) in [5, 5.41) is 20.3. The second kappa shape index (κ2) is 8.20. The van der Waals surface area contributed by atoms with Gasteiger partial charge >= 0.3 is 0 Å². The largest absolute Gasteiger partial charge is 0.409 e. The van der Waals surface area contributed by atoms with Gasteiger partial charge in [-0.25, -0.2) is 8.78 Å². The maximum absolute atomic E-state index is 12.3. The normalized spacial score (nSPS) is 13.6. The molecule has 0 aliphatic rings. The second-order valence-electron chi connectivity index (χ2n) is 4.89. The first-order valence-electron chi connectivity index (χ1n) is 5.93. The minimum atomic E-state index is -2.41. The summed E-state index contributed by atoms with van der Waals surface area (Å²) >= 11 is 0. The van der Waals surface area contributed by atoms with Crippen LogP contribution in [0.1, 0.15) is 26.7 Å². The highest BCUT2D eigenvalue weighted by Gasteiger charge is 2.23. The molecule has 7 heteroatoms. The van der Waals surface area contributed by atoms with Gasteiger partial charge in [0.15, 0.2) is 0 Å². The van der Waals surface area contributed by atoms with Gasteiger partial charge in [-0.05, 0) is 19.4 Å². The van der Waals surface area contributed by atoms with Gasteiger partial charge in [-0.2, -0.15) is 0 Å². The SMILES string of the molecule is CC(C)(CCCN(CCO)CC(F)F)C(N)=NO. The summed E-state index contributed by atoms with van der Waals surface area (Å²) in [6.45, 7) is 3.85. The summed E-state index contributed by atoms with van der Waals surface area (Å²) in [7, 11) is 0. The molecule has 18 heavy (non-hydrogen) atoms. The van der Waals surface area contributed by atoms with Crippen molar-refractivity contribution in [1.29, 1.82) is 0 Å². The molecular formula is C11H23F2N3O2. The number of hydrogen-bond acceptors (Lipinski definition) is 4. The number of aliphatic hydroxyl groups is 1. The van der Waals surface area contributed by atoms with Crippen molar-refractivity contribution in [2.75, 3.05) is 26.2 Å². The Morgan fingerprint density at radius 3 is 2.44 bits per heavy atom. The van der Waals surface area contributed by atoms with Crippen LogP contribution in [-0.4, -0.2) is 53.7 Å². The fraction of sp³-hybridized carbons (Fsp3) is 0.909. The van der Waals surface area contributed by atoms with Crippen LogP contribution in [0, 0.1) is 5.41 Å². The number of nitrogens with two attached hydrogens (primary N) is 1. The highest BCUT2D eigenvalue weighted by molar-refractivity contribution is 5.85. The van der Waals surface area contributed by atoms with E-state index in [4.69, 9.17) is 16.0 Å². The van der Waals surface area contributed by atoms with Crippen molar-refractivity contribution in [3.05, 3.63) is 0 Å². The standard InChI is InChI=1S/C11H23F2N3O2/c1-11(2,10(14)15-18)4-3-5-16(6-7-17)8-9(12)13/h9,17-18H,3-8H2,1-2H3,(H2,14,15). The summed E-state index contributed by atoms with van der Waals surface area (Å²) in [6, 6.07) is 0. The lowest BCUT2D eigenvalue weighted by Crippen LogP contribution is -2.35. The van der Waals surface area contributed by atoms with Gasteiger partial charge in [-0.1, -0.05) is 19.0 Å². The predicted molar refractivity (Wildman–Crippen MR) is 66.0 cm³/mol. The van der Waals surface area contributed by atoms with E-state index in [9.17, 15) is 8.78 Å². The van der Waals surface area contributed by atoms with E-state index in [0.29, 0.717) is 19.4 Å². The average Bonchev–Trinajstić information content (AvgIpc) is 2.27. The highest BCUT2D eigenvalue weighted by Crippen LogP contribution is 2.22. The van der Waals surface area contributed by atoms with Gasteiger partial charge in [0, 0.05) is 12.0 Å². The lowest BCUT2D eigenvalue weighted by molar-refractivity contribution is 0.0766. The van der Waals surface area contributed by atoms with Crippen molar-refractivity contribution in [1.82, 2.24) is 4.90 Å². The van der Waals surface area contributed by atoms with Crippen molar-refractivity contribution in [3.8, 4) is 0 Å². The van der Waals surface area contributed by atoms with Gasteiger partial charge in [-0.3, -0.25) is 4.90 Å². The maximum Gasteiger partial charge on any atom is 0.251 e. The lowest BCUT2D eigenvalue weighted by atomic mass is 9.86. The number of oxime groups is 1. The molecule has 0 amide bonds. The first kappa shape index (κ1) is 17.1. The van der Waals surface area contributed by atoms with Gasteiger partial charge in [0.05, 0.1) is 13.2 Å². The molecule has 0 aromatic carbocycles. The second-order valence-corrected chi connectivity index (χ2v) is 4.89. The van der Waals surface area contributed by atoms with Crippen LogP contribution >= 0.6 is 0 Å². The minimum absolute atomic E-state index is 0.130. The molecule has 0 aromatic heterocycles. The van der Waals surface area contributed by atoms with Crippen LogP contribution in [0.15, 0.2) is 5.16 Å². The van der Waals surface area contributed by atoms with Gasteiger partial charge in [0.1, 0.15) is 5.84 Å². The van der Waals surface area contributed by atoms with Crippen molar-refractivity contribution < 1.29 is 19.1 Å². The molecule has 0 heterocycles. The maximum atomic E-state index is 12.3. The van der Waals surface area contributed by atoms with E-state index in [0.717, 1.165) is 0 Å². The molecule has 0 aromatic rings. The Morgan fingerprint density at radius 2 is 2.00 bits per heavy atom. The smallest absolute Gasteiger partial charge is 0.251 e. The third-order valence-electron chi connectivity index (χ3n) is 2.89. The molecule has 0 atom stereocenters. The van der Waals surface area contributed by atoms with Crippen LogP contribution in [0.5, 0.6) is 0 Å². The number of amidine groups is 1. The molecule has 0 fully saturated rings. The van der Waals surface area contributed by atoms with Crippen LogP contribution in [0.2, 0.25) is 0 Å². The third-order valence-corrected chi connectivity index (χ3v) is 2.89. The van der Waals surface area contributed by atoms with Gasteiger partial charge in [0.25, 0.3) is 6.43 Å². The molecule has 108 valence electrons. The van der Waals surface area contributed by atoms with Crippen LogP contribution < -0.4 is 5.73 Å². The Bertz CT molecular complexity index is 261. The molecule has 0 saturated heterocycles. The molecule has 0 saturated carbocycles.